The van der Waals surface area contributed by atoms with E-state index >= 15 is 0 Å². The molecule has 0 aromatic heterocycles. The maximum Gasteiger partial charge on any atom is 0.322 e. The number of fused-ring (bicyclic) bond motifs is 1. The zero-order valence-electron chi connectivity index (χ0n) is 9.70. The van der Waals surface area contributed by atoms with Gasteiger partial charge in [-0.1, -0.05) is 6.08 Å². The third-order valence-electron chi connectivity index (χ3n) is 2.76. The van der Waals surface area contributed by atoms with Gasteiger partial charge >= 0.3 is 5.71 Å². The van der Waals surface area contributed by atoms with E-state index in [2.05, 4.69) is 4.79 Å². The fourth-order valence-electron chi connectivity index (χ4n) is 1.89. The van der Waals surface area contributed by atoms with Crippen LogP contribution in [0.15, 0.2) is 35.2 Å². The smallest absolute Gasteiger partial charge is 0.322 e. The van der Waals surface area contributed by atoms with Crippen LogP contribution < -0.4 is 0 Å². The molecule has 10 heteroatoms. The molecule has 0 aliphatic heterocycles. The molecule has 1 atom stereocenters. The molecule has 0 saturated heterocycles. The van der Waals surface area contributed by atoms with Crippen LogP contribution in [0.4, 0.5) is 0 Å². The Morgan fingerprint density at radius 2 is 1.80 bits per heavy atom. The van der Waals surface area contributed by atoms with E-state index in [1.807, 2.05) is 0 Å². The van der Waals surface area contributed by atoms with E-state index in [9.17, 15) is 16.8 Å². The molecule has 1 aliphatic carbocycles. The molecule has 0 spiro atoms. The van der Waals surface area contributed by atoms with Crippen molar-refractivity contribution in [3.63, 3.8) is 0 Å². The van der Waals surface area contributed by atoms with Crippen molar-refractivity contribution in [3.05, 3.63) is 47.0 Å². The van der Waals surface area contributed by atoms with Gasteiger partial charge in [0.05, 0.1) is 10.5 Å². The summed E-state index contributed by atoms with van der Waals surface area (Å²) >= 11 is 0. The average molecular weight is 316 g/mol. The predicted octanol–water partition coefficient (Wildman–Crippen LogP) is 0.451. The molecular weight excluding hydrogens is 308 g/mol. The van der Waals surface area contributed by atoms with Crippen molar-refractivity contribution < 1.29 is 30.7 Å². The quantitative estimate of drug-likeness (QED) is 0.460. The van der Waals surface area contributed by atoms with Crippen LogP contribution >= 0.6 is 0 Å². The predicted molar refractivity (Wildman–Crippen MR) is 67.4 cm³/mol. The highest BCUT2D eigenvalue weighted by molar-refractivity contribution is 7.86. The first-order valence-electron chi connectivity index (χ1n) is 5.13. The highest BCUT2D eigenvalue weighted by Crippen LogP contribution is 2.32. The Morgan fingerprint density at radius 3 is 2.30 bits per heavy atom. The maximum atomic E-state index is 11.3. The van der Waals surface area contributed by atoms with Crippen molar-refractivity contribution >= 4 is 25.9 Å². The Hall–Kier alpha value is -1.84. The van der Waals surface area contributed by atoms with Gasteiger partial charge in [0, 0.05) is 6.08 Å². The lowest BCUT2D eigenvalue weighted by atomic mass is 9.95. The van der Waals surface area contributed by atoms with E-state index < -0.39 is 30.4 Å². The first-order chi connectivity index (χ1) is 9.14. The summed E-state index contributed by atoms with van der Waals surface area (Å²) in [4.78, 5) is 2.41. The van der Waals surface area contributed by atoms with Crippen LogP contribution in [0.2, 0.25) is 0 Å². The van der Waals surface area contributed by atoms with Gasteiger partial charge in [0.2, 0.25) is 0 Å². The lowest BCUT2D eigenvalue weighted by Gasteiger charge is -2.16. The largest absolute Gasteiger partial charge is 0.361 e. The summed E-state index contributed by atoms with van der Waals surface area (Å²) in [7, 11) is -9.07. The summed E-state index contributed by atoms with van der Waals surface area (Å²) in [5.74, 6) is 0. The van der Waals surface area contributed by atoms with Gasteiger partial charge in [-0.25, -0.2) is 0 Å². The van der Waals surface area contributed by atoms with Crippen molar-refractivity contribution in [2.75, 3.05) is 0 Å². The molecule has 2 N–H and O–H groups in total. The van der Waals surface area contributed by atoms with Crippen LogP contribution in [0, 0.1) is 0 Å². The first kappa shape index (κ1) is 14.6. The van der Waals surface area contributed by atoms with Crippen molar-refractivity contribution in [1.82, 2.24) is 0 Å². The van der Waals surface area contributed by atoms with Gasteiger partial charge in [-0.15, -0.1) is 0 Å². The Balaban J connectivity index is 2.80. The lowest BCUT2D eigenvalue weighted by Crippen LogP contribution is -2.19. The van der Waals surface area contributed by atoms with Crippen molar-refractivity contribution in [3.8, 4) is 0 Å². The lowest BCUT2D eigenvalue weighted by molar-refractivity contribution is -0.00234. The van der Waals surface area contributed by atoms with Gasteiger partial charge < -0.3 is 5.53 Å². The molecule has 1 aromatic rings. The summed E-state index contributed by atoms with van der Waals surface area (Å²) in [6, 6.07) is 3.10. The van der Waals surface area contributed by atoms with Crippen LogP contribution in [-0.2, 0) is 20.2 Å². The number of hydrogen-bond acceptors (Lipinski definition) is 4. The fourth-order valence-corrected chi connectivity index (χ4v) is 3.20. The van der Waals surface area contributed by atoms with Crippen molar-refractivity contribution in [2.24, 2.45) is 0 Å². The Kier molecular flexibility index (Phi) is 3.36. The number of rotatable bonds is 2. The summed E-state index contributed by atoms with van der Waals surface area (Å²) in [6.45, 7) is 0. The van der Waals surface area contributed by atoms with Crippen molar-refractivity contribution in [1.29, 1.82) is 0 Å². The van der Waals surface area contributed by atoms with E-state index in [1.54, 1.807) is 0 Å². The van der Waals surface area contributed by atoms with Crippen molar-refractivity contribution in [2.45, 2.75) is 10.1 Å². The van der Waals surface area contributed by atoms with Gasteiger partial charge in [0.15, 0.2) is 0 Å². The van der Waals surface area contributed by atoms with E-state index in [1.165, 1.54) is 12.1 Å². The number of hydrogen-bond donors (Lipinski definition) is 2. The Morgan fingerprint density at radius 1 is 1.15 bits per heavy atom. The first-order valence-corrected chi connectivity index (χ1v) is 8.07. The summed E-state index contributed by atoms with van der Waals surface area (Å²) in [5.41, 5.74) is 8.83. The average Bonchev–Trinajstić information content (AvgIpc) is 2.34. The minimum Gasteiger partial charge on any atom is -0.361 e. The zero-order valence-corrected chi connectivity index (χ0v) is 11.3. The Bertz CT molecular complexity index is 863. The second kappa shape index (κ2) is 4.62. The van der Waals surface area contributed by atoms with Gasteiger partial charge in [-0.2, -0.15) is 21.6 Å². The van der Waals surface area contributed by atoms with E-state index in [-0.39, 0.29) is 16.8 Å². The SMILES string of the molecule is [N-]=[N+]=C1C=CC(S(=O)(=O)O)c2cc(S(=O)(=O)O)ccc21. The minimum atomic E-state index is -4.53. The molecule has 1 aromatic carbocycles. The molecule has 1 unspecified atom stereocenters. The van der Waals surface area contributed by atoms with Crippen LogP contribution in [-0.4, -0.2) is 36.4 Å². The topological polar surface area (TPSA) is 145 Å². The van der Waals surface area contributed by atoms with E-state index in [0.29, 0.717) is 0 Å². The van der Waals surface area contributed by atoms with E-state index in [0.717, 1.165) is 18.2 Å². The third-order valence-corrected chi connectivity index (χ3v) is 4.66. The van der Waals surface area contributed by atoms with Crippen LogP contribution in [0.5, 0.6) is 0 Å². The monoisotopic (exact) mass is 316 g/mol. The molecule has 0 saturated carbocycles. The molecule has 0 amide bonds. The molecular formula is C10H8N2O6S2. The Labute approximate surface area is 114 Å². The number of nitrogens with zero attached hydrogens (tertiary/aromatic N) is 2. The maximum absolute atomic E-state index is 11.3. The fraction of sp³-hybridized carbons (Fsp3) is 0.100. The second-order valence-corrected chi connectivity index (χ2v) is 6.96. The van der Waals surface area contributed by atoms with E-state index in [4.69, 9.17) is 14.6 Å². The standard InChI is InChI=1S/C10H8N2O6S2/c11-12-9-3-4-10(20(16,17)18)8-5-6(19(13,14)15)1-2-7(8)9/h1-5,10H,(H,13,14,15)(H,16,17,18). The molecule has 8 nitrogen and oxygen atoms in total. The zero-order chi connectivity index (χ0) is 15.1. The van der Waals surface area contributed by atoms with Crippen LogP contribution in [0.1, 0.15) is 16.4 Å². The number of allylic oxidation sites excluding steroid dienone is 1. The molecule has 106 valence electrons. The van der Waals surface area contributed by atoms with Gasteiger partial charge in [0.25, 0.3) is 20.2 Å². The molecule has 2 rings (SSSR count). The van der Waals surface area contributed by atoms with Gasteiger partial charge in [-0.05, 0) is 23.8 Å². The van der Waals surface area contributed by atoms with Gasteiger partial charge in [-0.3, -0.25) is 9.11 Å². The van der Waals surface area contributed by atoms with Crippen LogP contribution in [0.25, 0.3) is 5.53 Å². The molecule has 0 radical (unpaired) electrons. The molecule has 0 fully saturated rings. The highest BCUT2D eigenvalue weighted by atomic mass is 32.2. The molecule has 0 bridgehead atoms. The normalized spacial score (nSPS) is 18.5. The van der Waals surface area contributed by atoms with Crippen LogP contribution in [0.3, 0.4) is 0 Å². The summed E-state index contributed by atoms with van der Waals surface area (Å²) in [5, 5.41) is -1.51. The highest BCUT2D eigenvalue weighted by Gasteiger charge is 2.33. The summed E-state index contributed by atoms with van der Waals surface area (Å²) in [6.07, 6.45) is 2.22. The second-order valence-electron chi connectivity index (χ2n) is 4.00. The summed E-state index contributed by atoms with van der Waals surface area (Å²) < 4.78 is 62.8. The third kappa shape index (κ3) is 2.55. The van der Waals surface area contributed by atoms with Gasteiger partial charge in [0.1, 0.15) is 5.25 Å². The number of benzene rings is 1. The molecule has 1 aliphatic rings. The minimum absolute atomic E-state index is 0.00166. The molecule has 0 heterocycles. The molecule has 20 heavy (non-hydrogen) atoms.